The Balaban J connectivity index is 1.31. The number of fused-ring (bicyclic) bond motifs is 1. The van der Waals surface area contributed by atoms with E-state index < -0.39 is 0 Å². The van der Waals surface area contributed by atoms with Crippen molar-refractivity contribution < 1.29 is 9.53 Å². The van der Waals surface area contributed by atoms with Crippen molar-refractivity contribution in [2.75, 3.05) is 32.8 Å². The maximum absolute atomic E-state index is 12.7. The molecule has 0 bridgehead atoms. The molecule has 4 heterocycles. The van der Waals surface area contributed by atoms with Gasteiger partial charge in [-0.25, -0.2) is 0 Å². The third kappa shape index (κ3) is 3.53. The zero-order valence-corrected chi connectivity index (χ0v) is 14.5. The molecule has 0 spiro atoms. The quantitative estimate of drug-likeness (QED) is 0.836. The number of hydrogen-bond acceptors (Lipinski definition) is 5. The molecule has 1 atom stereocenters. The van der Waals surface area contributed by atoms with Gasteiger partial charge >= 0.3 is 0 Å². The van der Waals surface area contributed by atoms with Crippen LogP contribution < -0.4 is 0 Å². The number of carbonyl (C=O) groups is 1. The van der Waals surface area contributed by atoms with Crippen LogP contribution >= 0.6 is 11.3 Å². The third-order valence-corrected chi connectivity index (χ3v) is 5.72. The molecule has 128 valence electrons. The molecule has 1 saturated heterocycles. The van der Waals surface area contributed by atoms with Crippen molar-refractivity contribution in [1.29, 1.82) is 0 Å². The molecule has 1 unspecified atom stereocenters. The average molecular weight is 346 g/mol. The van der Waals surface area contributed by atoms with E-state index in [-0.39, 0.29) is 12.0 Å². The first kappa shape index (κ1) is 15.8. The number of amides is 1. The second-order valence-electron chi connectivity index (χ2n) is 6.39. The second kappa shape index (κ2) is 7.04. The molecular weight excluding hydrogens is 324 g/mol. The minimum atomic E-state index is 0.0938. The number of hydrogen-bond donors (Lipinski definition) is 0. The van der Waals surface area contributed by atoms with E-state index in [4.69, 9.17) is 4.74 Å². The fraction of sp³-hybridized carbons (Fsp3) is 0.529. The van der Waals surface area contributed by atoms with Gasteiger partial charge in [0.1, 0.15) is 0 Å². The lowest BCUT2D eigenvalue weighted by atomic mass is 10.1. The maximum Gasteiger partial charge on any atom is 0.237 e. The topological polar surface area (TPSA) is 50.6 Å². The maximum atomic E-state index is 12.7. The van der Waals surface area contributed by atoms with Crippen molar-refractivity contribution >= 4 is 17.2 Å². The number of morpholine rings is 1. The number of ether oxygens (including phenoxy) is 1. The summed E-state index contributed by atoms with van der Waals surface area (Å²) >= 11 is 1.80. The van der Waals surface area contributed by atoms with Gasteiger partial charge in [-0.05, 0) is 29.5 Å². The van der Waals surface area contributed by atoms with Gasteiger partial charge in [-0.15, -0.1) is 11.3 Å². The Bertz CT molecular complexity index is 685. The number of nitrogens with zero attached hydrogens (tertiary/aromatic N) is 4. The zero-order chi connectivity index (χ0) is 16.4. The molecular formula is C17H22N4O2S. The Morgan fingerprint density at radius 2 is 2.38 bits per heavy atom. The van der Waals surface area contributed by atoms with Crippen LogP contribution in [0.3, 0.4) is 0 Å². The highest BCUT2D eigenvalue weighted by atomic mass is 32.1. The van der Waals surface area contributed by atoms with E-state index in [1.54, 1.807) is 17.5 Å². The minimum absolute atomic E-state index is 0.0938. The molecule has 4 rings (SSSR count). The number of rotatable bonds is 4. The predicted molar refractivity (Wildman–Crippen MR) is 91.8 cm³/mol. The Labute approximate surface area is 145 Å². The molecule has 0 N–H and O–H groups in total. The molecule has 0 radical (unpaired) electrons. The van der Waals surface area contributed by atoms with E-state index >= 15 is 0 Å². The first-order chi connectivity index (χ1) is 11.8. The molecule has 0 saturated carbocycles. The summed E-state index contributed by atoms with van der Waals surface area (Å²) in [5.74, 6) is 0.228. The monoisotopic (exact) mass is 346 g/mol. The summed E-state index contributed by atoms with van der Waals surface area (Å²) in [6.07, 6.45) is 4.80. The number of carbonyl (C=O) groups excluding carboxylic acids is 1. The van der Waals surface area contributed by atoms with E-state index in [9.17, 15) is 4.79 Å². The Morgan fingerprint density at radius 1 is 1.42 bits per heavy atom. The highest BCUT2D eigenvalue weighted by Gasteiger charge is 2.26. The summed E-state index contributed by atoms with van der Waals surface area (Å²) in [5.41, 5.74) is 1.32. The lowest BCUT2D eigenvalue weighted by molar-refractivity contribution is -0.135. The van der Waals surface area contributed by atoms with Crippen molar-refractivity contribution in [2.24, 2.45) is 0 Å². The van der Waals surface area contributed by atoms with Crippen LogP contribution in [0.4, 0.5) is 0 Å². The average Bonchev–Trinajstić information content (AvgIpc) is 3.25. The number of thiophene rings is 1. The number of aromatic nitrogens is 2. The van der Waals surface area contributed by atoms with E-state index in [1.807, 2.05) is 21.8 Å². The van der Waals surface area contributed by atoms with Gasteiger partial charge in [-0.2, -0.15) is 5.10 Å². The van der Waals surface area contributed by atoms with Gasteiger partial charge < -0.3 is 9.64 Å². The lowest BCUT2D eigenvalue weighted by Crippen LogP contribution is -2.49. The Kier molecular flexibility index (Phi) is 4.64. The lowest BCUT2D eigenvalue weighted by Gasteiger charge is -2.34. The minimum Gasteiger partial charge on any atom is -0.374 e. The molecule has 24 heavy (non-hydrogen) atoms. The largest absolute Gasteiger partial charge is 0.374 e. The van der Waals surface area contributed by atoms with Gasteiger partial charge in [0.25, 0.3) is 0 Å². The van der Waals surface area contributed by atoms with Gasteiger partial charge in [0.2, 0.25) is 5.91 Å². The van der Waals surface area contributed by atoms with Gasteiger partial charge in [0.05, 0.1) is 25.8 Å². The highest BCUT2D eigenvalue weighted by molar-refractivity contribution is 7.10. The van der Waals surface area contributed by atoms with Crippen molar-refractivity contribution in [3.05, 3.63) is 40.3 Å². The van der Waals surface area contributed by atoms with Crippen LogP contribution in [0.1, 0.15) is 10.4 Å². The van der Waals surface area contributed by atoms with E-state index in [0.717, 1.165) is 39.1 Å². The van der Waals surface area contributed by atoms with Crippen LogP contribution in [0, 0.1) is 0 Å². The SMILES string of the molecule is O=C(CN1CCOC(Cn2cccn2)C1)N1CCc2sccc2C1. The van der Waals surface area contributed by atoms with Crippen LogP contribution in [0.25, 0.3) is 0 Å². The summed E-state index contributed by atoms with van der Waals surface area (Å²) in [4.78, 5) is 18.3. The fourth-order valence-electron chi connectivity index (χ4n) is 3.40. The molecule has 0 aliphatic carbocycles. The molecule has 2 aromatic heterocycles. The summed E-state index contributed by atoms with van der Waals surface area (Å²) in [5, 5.41) is 6.36. The van der Waals surface area contributed by atoms with Gasteiger partial charge in [-0.1, -0.05) is 0 Å². The molecule has 2 aliphatic heterocycles. The molecule has 2 aliphatic rings. The van der Waals surface area contributed by atoms with Crippen LogP contribution in [-0.4, -0.2) is 64.4 Å². The molecule has 7 heteroatoms. The second-order valence-corrected chi connectivity index (χ2v) is 7.39. The molecule has 1 fully saturated rings. The van der Waals surface area contributed by atoms with E-state index in [1.165, 1.54) is 10.4 Å². The summed E-state index contributed by atoms with van der Waals surface area (Å²) < 4.78 is 7.71. The fourth-order valence-corrected chi connectivity index (χ4v) is 4.29. The van der Waals surface area contributed by atoms with Crippen LogP contribution in [0.5, 0.6) is 0 Å². The van der Waals surface area contributed by atoms with Gasteiger partial charge in [0.15, 0.2) is 0 Å². The molecule has 6 nitrogen and oxygen atoms in total. The van der Waals surface area contributed by atoms with Crippen LogP contribution in [0.15, 0.2) is 29.9 Å². The third-order valence-electron chi connectivity index (χ3n) is 4.69. The van der Waals surface area contributed by atoms with E-state index in [0.29, 0.717) is 13.2 Å². The van der Waals surface area contributed by atoms with Gasteiger partial charge in [0, 0.05) is 43.4 Å². The highest BCUT2D eigenvalue weighted by Crippen LogP contribution is 2.24. The summed E-state index contributed by atoms with van der Waals surface area (Å²) in [6.45, 7) is 5.10. The smallest absolute Gasteiger partial charge is 0.237 e. The summed E-state index contributed by atoms with van der Waals surface area (Å²) in [7, 11) is 0. The van der Waals surface area contributed by atoms with Crippen LogP contribution in [0.2, 0.25) is 0 Å². The van der Waals surface area contributed by atoms with Crippen molar-refractivity contribution in [1.82, 2.24) is 19.6 Å². The first-order valence-corrected chi connectivity index (χ1v) is 9.30. The van der Waals surface area contributed by atoms with Crippen LogP contribution in [-0.2, 0) is 29.0 Å². The Morgan fingerprint density at radius 3 is 3.25 bits per heavy atom. The van der Waals surface area contributed by atoms with E-state index in [2.05, 4.69) is 21.4 Å². The predicted octanol–water partition coefficient (Wildman–Crippen LogP) is 1.23. The molecule has 2 aromatic rings. The normalized spacial score (nSPS) is 21.7. The zero-order valence-electron chi connectivity index (χ0n) is 13.6. The Hall–Kier alpha value is -1.70. The van der Waals surface area contributed by atoms with Crippen molar-refractivity contribution in [2.45, 2.75) is 25.6 Å². The van der Waals surface area contributed by atoms with Crippen molar-refractivity contribution in [3.63, 3.8) is 0 Å². The molecule has 1 amide bonds. The molecule has 0 aromatic carbocycles. The standard InChI is InChI=1S/C17H22N4O2S/c22-17(20-6-2-16-14(10-20)3-9-24-16)13-19-7-8-23-15(11-19)12-21-5-1-4-18-21/h1,3-5,9,15H,2,6-8,10-13H2. The van der Waals surface area contributed by atoms with Crippen molar-refractivity contribution in [3.8, 4) is 0 Å². The summed E-state index contributed by atoms with van der Waals surface area (Å²) in [6, 6.07) is 4.06. The van der Waals surface area contributed by atoms with Gasteiger partial charge in [-0.3, -0.25) is 14.4 Å². The first-order valence-electron chi connectivity index (χ1n) is 8.42.